The van der Waals surface area contributed by atoms with Gasteiger partial charge in [-0.05, 0) is 20.3 Å². The summed E-state index contributed by atoms with van der Waals surface area (Å²) in [6.45, 7) is 5.13. The first kappa shape index (κ1) is 19.9. The van der Waals surface area contributed by atoms with Crippen molar-refractivity contribution in [2.24, 2.45) is 5.73 Å². The molecule has 23 heavy (non-hydrogen) atoms. The van der Waals surface area contributed by atoms with E-state index in [1.165, 1.54) is 9.80 Å². The van der Waals surface area contributed by atoms with Crippen LogP contribution in [0.15, 0.2) is 0 Å². The molecule has 1 atom stereocenters. The van der Waals surface area contributed by atoms with Gasteiger partial charge in [-0.25, -0.2) is 4.79 Å². The fraction of sp³-hybridized carbons (Fsp3) is 0.846. The summed E-state index contributed by atoms with van der Waals surface area (Å²) in [5.74, 6) is -0.269. The minimum Gasteiger partial charge on any atom is -0.465 e. The highest BCUT2D eigenvalue weighted by atomic mass is 31.2. The third-order valence-corrected chi connectivity index (χ3v) is 5.65. The molecule has 0 aromatic rings. The maximum absolute atomic E-state index is 12.3. The van der Waals surface area contributed by atoms with E-state index >= 15 is 0 Å². The Kier molecular flexibility index (Phi) is 7.98. The highest BCUT2D eigenvalue weighted by Gasteiger charge is 2.30. The molecule has 0 aromatic carbocycles. The zero-order valence-electron chi connectivity index (χ0n) is 13.6. The molecule has 3 N–H and O–H groups in total. The topological polar surface area (TPSA) is 122 Å². The van der Waals surface area contributed by atoms with Gasteiger partial charge in [0, 0.05) is 26.2 Å². The number of nitrogens with zero attached hydrogens (tertiary/aromatic N) is 2. The molecule has 134 valence electrons. The number of amides is 2. The maximum Gasteiger partial charge on any atom is 0.407 e. The average molecular weight is 351 g/mol. The quantitative estimate of drug-likeness (QED) is 0.620. The van der Waals surface area contributed by atoms with Gasteiger partial charge < -0.3 is 29.7 Å². The number of hydrogen-bond acceptors (Lipinski definition) is 6. The lowest BCUT2D eigenvalue weighted by molar-refractivity contribution is -0.134. The predicted molar refractivity (Wildman–Crippen MR) is 84.5 cm³/mol. The molecule has 0 aromatic heterocycles. The van der Waals surface area contributed by atoms with E-state index in [0.29, 0.717) is 13.1 Å². The molecule has 1 aliphatic rings. The van der Waals surface area contributed by atoms with Crippen LogP contribution in [0.2, 0.25) is 0 Å². The van der Waals surface area contributed by atoms with E-state index in [0.717, 1.165) is 0 Å². The fourth-order valence-electron chi connectivity index (χ4n) is 2.33. The summed E-state index contributed by atoms with van der Waals surface area (Å²) in [6, 6.07) is -0.805. The molecule has 1 rings (SSSR count). The SMILES string of the molecule is CCOP(=O)(CC[C@H](N)C(=O)N1CCN(C(=O)O)CC1)OCC. The Hall–Kier alpha value is -1.15. The largest absolute Gasteiger partial charge is 0.465 e. The van der Waals surface area contributed by atoms with Crippen molar-refractivity contribution < 1.29 is 28.3 Å². The van der Waals surface area contributed by atoms with E-state index in [2.05, 4.69) is 0 Å². The Morgan fingerprint density at radius 2 is 1.61 bits per heavy atom. The Morgan fingerprint density at radius 1 is 1.13 bits per heavy atom. The molecule has 1 fully saturated rings. The molecule has 9 nitrogen and oxygen atoms in total. The molecular weight excluding hydrogens is 325 g/mol. The summed E-state index contributed by atoms with van der Waals surface area (Å²) in [4.78, 5) is 25.9. The van der Waals surface area contributed by atoms with Gasteiger partial charge in [0.15, 0.2) is 0 Å². The Labute approximate surface area is 136 Å². The number of carboxylic acid groups (broad SMARTS) is 1. The van der Waals surface area contributed by atoms with Gasteiger partial charge in [0.2, 0.25) is 5.91 Å². The van der Waals surface area contributed by atoms with Crippen LogP contribution in [0.3, 0.4) is 0 Å². The second-order valence-corrected chi connectivity index (χ2v) is 7.35. The van der Waals surface area contributed by atoms with Crippen LogP contribution in [-0.4, -0.2) is 78.5 Å². The lowest BCUT2D eigenvalue weighted by atomic mass is 10.2. The smallest absolute Gasteiger partial charge is 0.407 e. The van der Waals surface area contributed by atoms with E-state index in [1.54, 1.807) is 13.8 Å². The van der Waals surface area contributed by atoms with Gasteiger partial charge in [0.25, 0.3) is 0 Å². The number of piperazine rings is 1. The second kappa shape index (κ2) is 9.22. The highest BCUT2D eigenvalue weighted by molar-refractivity contribution is 7.53. The summed E-state index contributed by atoms with van der Waals surface area (Å²) in [5.41, 5.74) is 5.89. The van der Waals surface area contributed by atoms with Gasteiger partial charge in [-0.3, -0.25) is 9.36 Å². The third kappa shape index (κ3) is 6.10. The number of carbonyl (C=O) groups is 2. The van der Waals surface area contributed by atoms with Crippen LogP contribution in [0.25, 0.3) is 0 Å². The van der Waals surface area contributed by atoms with Crippen LogP contribution in [0.1, 0.15) is 20.3 Å². The minimum atomic E-state index is -3.21. The van der Waals surface area contributed by atoms with Crippen molar-refractivity contribution in [3.63, 3.8) is 0 Å². The molecule has 0 saturated carbocycles. The van der Waals surface area contributed by atoms with Crippen LogP contribution in [-0.2, 0) is 18.4 Å². The van der Waals surface area contributed by atoms with Crippen LogP contribution in [0.5, 0.6) is 0 Å². The van der Waals surface area contributed by atoms with Crippen molar-refractivity contribution in [1.29, 1.82) is 0 Å². The summed E-state index contributed by atoms with van der Waals surface area (Å²) >= 11 is 0. The van der Waals surface area contributed by atoms with Gasteiger partial charge >= 0.3 is 13.7 Å². The molecule has 0 radical (unpaired) electrons. The summed E-state index contributed by atoms with van der Waals surface area (Å²) in [6.07, 6.45) is -0.720. The number of rotatable bonds is 8. The third-order valence-electron chi connectivity index (χ3n) is 3.54. The van der Waals surface area contributed by atoms with Gasteiger partial charge in [0.05, 0.1) is 25.4 Å². The first-order valence-electron chi connectivity index (χ1n) is 7.73. The molecule has 10 heteroatoms. The summed E-state index contributed by atoms with van der Waals surface area (Å²) < 4.78 is 22.7. The maximum atomic E-state index is 12.3. The van der Waals surface area contributed by atoms with Crippen molar-refractivity contribution in [1.82, 2.24) is 9.80 Å². The molecular formula is C13H26N3O6P. The van der Waals surface area contributed by atoms with E-state index in [-0.39, 0.29) is 44.8 Å². The molecule has 0 spiro atoms. The fourth-order valence-corrected chi connectivity index (χ4v) is 4.05. The lowest BCUT2D eigenvalue weighted by Crippen LogP contribution is -2.54. The lowest BCUT2D eigenvalue weighted by Gasteiger charge is -2.34. The monoisotopic (exact) mass is 351 g/mol. The molecule has 0 aliphatic carbocycles. The zero-order chi connectivity index (χ0) is 17.5. The van der Waals surface area contributed by atoms with E-state index < -0.39 is 19.7 Å². The Morgan fingerprint density at radius 3 is 2.04 bits per heavy atom. The molecule has 0 unspecified atom stereocenters. The number of hydrogen-bond donors (Lipinski definition) is 2. The van der Waals surface area contributed by atoms with Gasteiger partial charge in [-0.2, -0.15) is 0 Å². The van der Waals surface area contributed by atoms with Gasteiger partial charge in [-0.15, -0.1) is 0 Å². The summed E-state index contributed by atoms with van der Waals surface area (Å²) in [5, 5.41) is 8.89. The van der Waals surface area contributed by atoms with E-state index in [4.69, 9.17) is 19.9 Å². The first-order valence-corrected chi connectivity index (χ1v) is 9.46. The Bertz CT molecular complexity index is 443. The summed E-state index contributed by atoms with van der Waals surface area (Å²) in [7, 11) is -3.21. The minimum absolute atomic E-state index is 0.0800. The van der Waals surface area contributed by atoms with Crippen molar-refractivity contribution in [3.05, 3.63) is 0 Å². The van der Waals surface area contributed by atoms with Crippen molar-refractivity contribution >= 4 is 19.6 Å². The Balaban J connectivity index is 2.48. The van der Waals surface area contributed by atoms with Gasteiger partial charge in [0.1, 0.15) is 0 Å². The molecule has 1 heterocycles. The van der Waals surface area contributed by atoms with Crippen molar-refractivity contribution in [2.75, 3.05) is 45.6 Å². The number of carbonyl (C=O) groups excluding carboxylic acids is 1. The van der Waals surface area contributed by atoms with Crippen LogP contribution < -0.4 is 5.73 Å². The second-order valence-electron chi connectivity index (χ2n) is 5.16. The molecule has 0 bridgehead atoms. The standard InChI is InChI=1S/C13H26N3O6P/c1-3-21-23(20,22-4-2)10-5-11(14)12(17)15-6-8-16(9-7-15)13(18)19/h11H,3-10,14H2,1-2H3,(H,18,19)/t11-/m0/s1. The molecule has 1 aliphatic heterocycles. The van der Waals surface area contributed by atoms with Crippen molar-refractivity contribution in [3.8, 4) is 0 Å². The average Bonchev–Trinajstić information content (AvgIpc) is 2.52. The van der Waals surface area contributed by atoms with Crippen LogP contribution >= 0.6 is 7.60 Å². The first-order chi connectivity index (χ1) is 10.8. The van der Waals surface area contributed by atoms with Gasteiger partial charge in [-0.1, -0.05) is 0 Å². The van der Waals surface area contributed by atoms with E-state index in [1.807, 2.05) is 0 Å². The highest BCUT2D eigenvalue weighted by Crippen LogP contribution is 2.48. The number of nitrogens with two attached hydrogens (primary N) is 1. The predicted octanol–water partition coefficient (Wildman–Crippen LogP) is 0.792. The zero-order valence-corrected chi connectivity index (χ0v) is 14.5. The molecule has 1 saturated heterocycles. The van der Waals surface area contributed by atoms with Crippen molar-refractivity contribution in [2.45, 2.75) is 26.3 Å². The van der Waals surface area contributed by atoms with Crippen LogP contribution in [0, 0.1) is 0 Å². The van der Waals surface area contributed by atoms with E-state index in [9.17, 15) is 14.2 Å². The normalized spacial score (nSPS) is 17.2. The molecule has 2 amide bonds. The van der Waals surface area contributed by atoms with Crippen LogP contribution in [0.4, 0.5) is 4.79 Å².